The summed E-state index contributed by atoms with van der Waals surface area (Å²) in [5.74, 6) is -2.90. The first-order valence-electron chi connectivity index (χ1n) is 5.32. The van der Waals surface area contributed by atoms with Crippen LogP contribution in [-0.4, -0.2) is 45.6 Å². The first-order chi connectivity index (χ1) is 7.81. The predicted octanol–water partition coefficient (Wildman–Crippen LogP) is 0.163. The van der Waals surface area contributed by atoms with E-state index < -0.39 is 27.7 Å². The highest BCUT2D eigenvalue weighted by molar-refractivity contribution is 7.90. The summed E-state index contributed by atoms with van der Waals surface area (Å²) in [6, 6.07) is 0. The molecule has 0 radical (unpaired) electrons. The predicted molar refractivity (Wildman–Crippen MR) is 61.1 cm³/mol. The van der Waals surface area contributed by atoms with E-state index in [1.165, 1.54) is 0 Å². The van der Waals surface area contributed by atoms with Crippen LogP contribution in [0.25, 0.3) is 0 Å². The van der Waals surface area contributed by atoms with Crippen LogP contribution in [0.4, 0.5) is 0 Å². The molecule has 0 atom stereocenters. The largest absolute Gasteiger partial charge is 0.465 e. The molecule has 0 bridgehead atoms. The maximum Gasteiger partial charge on any atom is 0.320 e. The zero-order chi connectivity index (χ0) is 13.5. The van der Waals surface area contributed by atoms with Crippen molar-refractivity contribution < 1.29 is 27.5 Å². The molecule has 0 aliphatic rings. The monoisotopic (exact) mass is 266 g/mol. The Bertz CT molecular complexity index is 341. The highest BCUT2D eigenvalue weighted by atomic mass is 32.2. The lowest BCUT2D eigenvalue weighted by atomic mass is 10.1. The van der Waals surface area contributed by atoms with E-state index in [9.17, 15) is 18.0 Å². The molecule has 0 amide bonds. The van der Waals surface area contributed by atoms with E-state index in [1.807, 2.05) is 0 Å². The van der Waals surface area contributed by atoms with Crippen molar-refractivity contribution in [2.75, 3.05) is 25.2 Å². The van der Waals surface area contributed by atoms with Gasteiger partial charge in [0, 0.05) is 6.26 Å². The number of sulfone groups is 1. The van der Waals surface area contributed by atoms with Gasteiger partial charge in [-0.3, -0.25) is 9.59 Å². The van der Waals surface area contributed by atoms with Gasteiger partial charge in [0.15, 0.2) is 5.92 Å². The molecule has 0 aliphatic carbocycles. The fourth-order valence-corrected chi connectivity index (χ4v) is 1.81. The minimum atomic E-state index is -3.23. The van der Waals surface area contributed by atoms with E-state index >= 15 is 0 Å². The molecule has 6 nitrogen and oxygen atoms in total. The molecule has 0 aromatic carbocycles. The van der Waals surface area contributed by atoms with Gasteiger partial charge in [-0.05, 0) is 20.3 Å². The average Bonchev–Trinajstić information content (AvgIpc) is 2.16. The SMILES string of the molecule is CCOC(=O)C(CCS(C)(=O)=O)C(=O)OCC. The molecule has 0 N–H and O–H groups in total. The first kappa shape index (κ1) is 15.9. The minimum Gasteiger partial charge on any atom is -0.465 e. The van der Waals surface area contributed by atoms with Gasteiger partial charge in [-0.15, -0.1) is 0 Å². The number of ether oxygens (including phenoxy) is 2. The molecule has 17 heavy (non-hydrogen) atoms. The smallest absolute Gasteiger partial charge is 0.320 e. The summed E-state index contributed by atoms with van der Waals surface area (Å²) in [5, 5.41) is 0. The average molecular weight is 266 g/mol. The second-order valence-corrected chi connectivity index (χ2v) is 5.73. The summed E-state index contributed by atoms with van der Waals surface area (Å²) in [7, 11) is -3.23. The maximum atomic E-state index is 11.5. The van der Waals surface area contributed by atoms with E-state index in [2.05, 4.69) is 0 Å². The van der Waals surface area contributed by atoms with Crippen molar-refractivity contribution in [1.82, 2.24) is 0 Å². The van der Waals surface area contributed by atoms with Crippen LogP contribution in [0.5, 0.6) is 0 Å². The molecular weight excluding hydrogens is 248 g/mol. The van der Waals surface area contributed by atoms with E-state index in [-0.39, 0.29) is 25.4 Å². The van der Waals surface area contributed by atoms with Gasteiger partial charge in [0.2, 0.25) is 0 Å². The van der Waals surface area contributed by atoms with Crippen molar-refractivity contribution in [2.45, 2.75) is 20.3 Å². The normalized spacial score (nSPS) is 11.3. The van der Waals surface area contributed by atoms with Gasteiger partial charge in [0.1, 0.15) is 9.84 Å². The Kier molecular flexibility index (Phi) is 6.79. The van der Waals surface area contributed by atoms with Crippen molar-refractivity contribution in [3.8, 4) is 0 Å². The number of rotatable bonds is 7. The van der Waals surface area contributed by atoms with Crippen molar-refractivity contribution >= 4 is 21.8 Å². The molecule has 0 aliphatic heterocycles. The number of hydrogen-bond donors (Lipinski definition) is 0. The number of carbonyl (C=O) groups is 2. The van der Waals surface area contributed by atoms with Crippen molar-refractivity contribution in [3.05, 3.63) is 0 Å². The Morgan fingerprint density at radius 3 is 1.76 bits per heavy atom. The van der Waals surface area contributed by atoms with E-state index in [1.54, 1.807) is 13.8 Å². The quantitative estimate of drug-likeness (QED) is 0.482. The van der Waals surface area contributed by atoms with Crippen molar-refractivity contribution in [1.29, 1.82) is 0 Å². The Labute approximate surface area is 101 Å². The standard InChI is InChI=1S/C10H18O6S/c1-4-15-9(11)8(10(12)16-5-2)6-7-17(3,13)14/h8H,4-7H2,1-3H3. The third-order valence-electron chi connectivity index (χ3n) is 1.92. The minimum absolute atomic E-state index is 0.115. The van der Waals surface area contributed by atoms with E-state index in [4.69, 9.17) is 9.47 Å². The third kappa shape index (κ3) is 6.93. The van der Waals surface area contributed by atoms with E-state index in [0.29, 0.717) is 0 Å². The van der Waals surface area contributed by atoms with Crippen LogP contribution in [0.3, 0.4) is 0 Å². The van der Waals surface area contributed by atoms with Crippen molar-refractivity contribution in [2.24, 2.45) is 5.92 Å². The molecule has 0 heterocycles. The molecular formula is C10H18O6S. The van der Waals surface area contributed by atoms with Crippen LogP contribution in [0.2, 0.25) is 0 Å². The molecule has 0 unspecified atom stereocenters. The molecule has 0 fully saturated rings. The highest BCUT2D eigenvalue weighted by Crippen LogP contribution is 2.10. The summed E-state index contributed by atoms with van der Waals surface area (Å²) in [6.45, 7) is 3.48. The van der Waals surface area contributed by atoms with Crippen LogP contribution >= 0.6 is 0 Å². The van der Waals surface area contributed by atoms with Gasteiger partial charge in [0.25, 0.3) is 0 Å². The van der Waals surface area contributed by atoms with Gasteiger partial charge < -0.3 is 9.47 Å². The fourth-order valence-electron chi connectivity index (χ4n) is 1.15. The van der Waals surface area contributed by atoms with Crippen LogP contribution in [-0.2, 0) is 28.9 Å². The fraction of sp³-hybridized carbons (Fsp3) is 0.800. The Morgan fingerprint density at radius 1 is 1.06 bits per heavy atom. The highest BCUT2D eigenvalue weighted by Gasteiger charge is 2.30. The summed E-state index contributed by atoms with van der Waals surface area (Å²) < 4.78 is 31.4. The summed E-state index contributed by atoms with van der Waals surface area (Å²) in [5.41, 5.74) is 0. The second kappa shape index (κ2) is 7.26. The van der Waals surface area contributed by atoms with Crippen LogP contribution in [0.1, 0.15) is 20.3 Å². The number of hydrogen-bond acceptors (Lipinski definition) is 6. The molecule has 0 spiro atoms. The zero-order valence-corrected chi connectivity index (χ0v) is 11.1. The maximum absolute atomic E-state index is 11.5. The van der Waals surface area contributed by atoms with Gasteiger partial charge >= 0.3 is 11.9 Å². The first-order valence-corrected chi connectivity index (χ1v) is 7.38. The number of esters is 2. The van der Waals surface area contributed by atoms with Gasteiger partial charge in [-0.2, -0.15) is 0 Å². The van der Waals surface area contributed by atoms with Gasteiger partial charge in [-0.1, -0.05) is 0 Å². The Balaban J connectivity index is 4.61. The van der Waals surface area contributed by atoms with E-state index in [0.717, 1.165) is 6.26 Å². The third-order valence-corrected chi connectivity index (χ3v) is 2.90. The van der Waals surface area contributed by atoms with Gasteiger partial charge in [-0.25, -0.2) is 8.42 Å². The van der Waals surface area contributed by atoms with Crippen LogP contribution in [0.15, 0.2) is 0 Å². The zero-order valence-electron chi connectivity index (χ0n) is 10.3. The number of carbonyl (C=O) groups excluding carboxylic acids is 2. The molecule has 0 saturated heterocycles. The van der Waals surface area contributed by atoms with Crippen molar-refractivity contribution in [3.63, 3.8) is 0 Å². The lowest BCUT2D eigenvalue weighted by molar-refractivity contribution is -0.161. The summed E-state index contributed by atoms with van der Waals surface area (Å²) >= 11 is 0. The Hall–Kier alpha value is -1.11. The molecule has 0 rings (SSSR count). The lowest BCUT2D eigenvalue weighted by Crippen LogP contribution is -2.30. The van der Waals surface area contributed by atoms with Gasteiger partial charge in [0.05, 0.1) is 19.0 Å². The summed E-state index contributed by atoms with van der Waals surface area (Å²) in [6.07, 6.45) is 0.927. The second-order valence-electron chi connectivity index (χ2n) is 3.48. The molecule has 7 heteroatoms. The molecule has 0 aromatic rings. The molecule has 100 valence electrons. The summed E-state index contributed by atoms with van der Waals surface area (Å²) in [4.78, 5) is 22.9. The molecule has 0 aromatic heterocycles. The van der Waals surface area contributed by atoms with Crippen LogP contribution in [0, 0.1) is 5.92 Å². The lowest BCUT2D eigenvalue weighted by Gasteiger charge is -2.13. The van der Waals surface area contributed by atoms with Crippen LogP contribution < -0.4 is 0 Å². The topological polar surface area (TPSA) is 86.7 Å². The molecule has 0 saturated carbocycles. The Morgan fingerprint density at radius 2 is 1.47 bits per heavy atom.